The standard InChI is InChI=1S/C12H11BrF2N2/c1-3-8-5(2)11(16)9-10(13)6(14)4-7(15)12(9)17-8/h4H,3H2,1-2H3,(H2,16,17). The lowest BCUT2D eigenvalue weighted by atomic mass is 10.1. The minimum Gasteiger partial charge on any atom is -0.398 e. The Kier molecular flexibility index (Phi) is 3.03. The summed E-state index contributed by atoms with van der Waals surface area (Å²) in [5, 5.41) is 0.303. The van der Waals surface area contributed by atoms with E-state index in [4.69, 9.17) is 5.73 Å². The summed E-state index contributed by atoms with van der Waals surface area (Å²) < 4.78 is 27.3. The Morgan fingerprint density at radius 1 is 1.35 bits per heavy atom. The van der Waals surface area contributed by atoms with Crippen molar-refractivity contribution in [2.24, 2.45) is 0 Å². The monoisotopic (exact) mass is 300 g/mol. The van der Waals surface area contributed by atoms with Crippen LogP contribution in [0.4, 0.5) is 14.5 Å². The topological polar surface area (TPSA) is 38.9 Å². The van der Waals surface area contributed by atoms with Crippen molar-refractivity contribution in [3.63, 3.8) is 0 Å². The highest BCUT2D eigenvalue weighted by atomic mass is 79.9. The zero-order valence-corrected chi connectivity index (χ0v) is 11.0. The van der Waals surface area contributed by atoms with Crippen LogP contribution in [0, 0.1) is 18.6 Å². The predicted molar refractivity (Wildman–Crippen MR) is 67.9 cm³/mol. The number of fused-ring (bicyclic) bond motifs is 1. The van der Waals surface area contributed by atoms with E-state index in [1.54, 1.807) is 6.92 Å². The summed E-state index contributed by atoms with van der Waals surface area (Å²) in [5.41, 5.74) is 7.91. The summed E-state index contributed by atoms with van der Waals surface area (Å²) >= 11 is 3.08. The van der Waals surface area contributed by atoms with E-state index in [-0.39, 0.29) is 9.99 Å². The molecule has 0 aliphatic heterocycles. The number of aryl methyl sites for hydroxylation is 1. The minimum absolute atomic E-state index is 0.109. The van der Waals surface area contributed by atoms with E-state index in [1.165, 1.54) is 0 Å². The van der Waals surface area contributed by atoms with Gasteiger partial charge in [-0.15, -0.1) is 0 Å². The first-order valence-electron chi connectivity index (χ1n) is 5.19. The average molecular weight is 301 g/mol. The Bertz CT molecular complexity index is 611. The molecule has 0 aliphatic rings. The molecule has 1 heterocycles. The number of halogens is 3. The summed E-state index contributed by atoms with van der Waals surface area (Å²) in [7, 11) is 0. The van der Waals surface area contributed by atoms with E-state index in [1.807, 2.05) is 6.92 Å². The fraction of sp³-hybridized carbons (Fsp3) is 0.250. The number of anilines is 1. The lowest BCUT2D eigenvalue weighted by molar-refractivity contribution is 0.586. The SMILES string of the molecule is CCc1nc2c(F)cc(F)c(Br)c2c(N)c1C. The molecule has 90 valence electrons. The van der Waals surface area contributed by atoms with Gasteiger partial charge in [0.1, 0.15) is 11.3 Å². The molecule has 0 unspecified atom stereocenters. The smallest absolute Gasteiger partial charge is 0.152 e. The van der Waals surface area contributed by atoms with Gasteiger partial charge in [0.05, 0.1) is 4.47 Å². The zero-order valence-electron chi connectivity index (χ0n) is 9.44. The fourth-order valence-corrected chi connectivity index (χ4v) is 2.36. The van der Waals surface area contributed by atoms with E-state index < -0.39 is 11.6 Å². The molecule has 2 aromatic rings. The highest BCUT2D eigenvalue weighted by molar-refractivity contribution is 9.10. The molecule has 17 heavy (non-hydrogen) atoms. The van der Waals surface area contributed by atoms with Crippen molar-refractivity contribution in [3.05, 3.63) is 33.4 Å². The van der Waals surface area contributed by atoms with Crippen molar-refractivity contribution in [1.29, 1.82) is 0 Å². The van der Waals surface area contributed by atoms with Crippen molar-refractivity contribution < 1.29 is 8.78 Å². The van der Waals surface area contributed by atoms with Crippen LogP contribution in [0.1, 0.15) is 18.2 Å². The molecule has 0 bridgehead atoms. The minimum atomic E-state index is -0.692. The number of aromatic nitrogens is 1. The highest BCUT2D eigenvalue weighted by Crippen LogP contribution is 2.34. The van der Waals surface area contributed by atoms with Gasteiger partial charge >= 0.3 is 0 Å². The number of rotatable bonds is 1. The maximum absolute atomic E-state index is 13.7. The van der Waals surface area contributed by atoms with Gasteiger partial charge in [-0.05, 0) is 34.8 Å². The number of benzene rings is 1. The molecule has 0 fully saturated rings. The van der Waals surface area contributed by atoms with Crippen molar-refractivity contribution in [2.75, 3.05) is 5.73 Å². The Labute approximate surface area is 106 Å². The third-order valence-electron chi connectivity index (χ3n) is 2.83. The first kappa shape index (κ1) is 12.2. The van der Waals surface area contributed by atoms with E-state index in [2.05, 4.69) is 20.9 Å². The molecule has 1 aromatic heterocycles. The van der Waals surface area contributed by atoms with Gasteiger partial charge < -0.3 is 5.73 Å². The maximum Gasteiger partial charge on any atom is 0.152 e. The third kappa shape index (κ3) is 1.78. The number of nitrogen functional groups attached to an aromatic ring is 1. The summed E-state index contributed by atoms with van der Waals surface area (Å²) in [4.78, 5) is 4.20. The molecular weight excluding hydrogens is 290 g/mol. The molecule has 0 atom stereocenters. The normalized spacial score (nSPS) is 11.1. The van der Waals surface area contributed by atoms with Gasteiger partial charge in [0.15, 0.2) is 5.82 Å². The molecule has 0 saturated heterocycles. The third-order valence-corrected chi connectivity index (χ3v) is 3.61. The number of pyridine rings is 1. The zero-order chi connectivity index (χ0) is 12.7. The number of hydrogen-bond acceptors (Lipinski definition) is 2. The first-order valence-corrected chi connectivity index (χ1v) is 5.98. The number of nitrogens with zero attached hydrogens (tertiary/aromatic N) is 1. The van der Waals surface area contributed by atoms with E-state index >= 15 is 0 Å². The van der Waals surface area contributed by atoms with Crippen LogP contribution >= 0.6 is 15.9 Å². The van der Waals surface area contributed by atoms with Gasteiger partial charge in [-0.1, -0.05) is 6.92 Å². The summed E-state index contributed by atoms with van der Waals surface area (Å²) in [5.74, 6) is -1.37. The quantitative estimate of drug-likeness (QED) is 0.815. The van der Waals surface area contributed by atoms with Gasteiger partial charge in [-0.2, -0.15) is 0 Å². The molecule has 2 nitrogen and oxygen atoms in total. The molecule has 1 aromatic carbocycles. The second-order valence-electron chi connectivity index (χ2n) is 3.83. The van der Waals surface area contributed by atoms with Crippen LogP contribution in [0.25, 0.3) is 10.9 Å². The van der Waals surface area contributed by atoms with Crippen LogP contribution < -0.4 is 5.73 Å². The number of nitrogens with two attached hydrogens (primary N) is 1. The molecule has 0 amide bonds. The fourth-order valence-electron chi connectivity index (χ4n) is 1.85. The molecule has 5 heteroatoms. The maximum atomic E-state index is 13.7. The lowest BCUT2D eigenvalue weighted by Crippen LogP contribution is -2.03. The summed E-state index contributed by atoms with van der Waals surface area (Å²) in [6.07, 6.45) is 0.653. The molecule has 2 N–H and O–H groups in total. The summed E-state index contributed by atoms with van der Waals surface area (Å²) in [6, 6.07) is 0.813. The van der Waals surface area contributed by atoms with Crippen LogP contribution in [0.2, 0.25) is 0 Å². The Hall–Kier alpha value is -1.23. The van der Waals surface area contributed by atoms with Gasteiger partial charge in [0.25, 0.3) is 0 Å². The highest BCUT2D eigenvalue weighted by Gasteiger charge is 2.17. The predicted octanol–water partition coefficient (Wildman–Crippen LogP) is 3.73. The molecule has 0 saturated carbocycles. The molecule has 0 radical (unpaired) electrons. The Morgan fingerprint density at radius 2 is 2.00 bits per heavy atom. The van der Waals surface area contributed by atoms with Gasteiger partial charge in [0.2, 0.25) is 0 Å². The van der Waals surface area contributed by atoms with Crippen molar-refractivity contribution in [3.8, 4) is 0 Å². The van der Waals surface area contributed by atoms with Crippen LogP contribution in [0.3, 0.4) is 0 Å². The van der Waals surface area contributed by atoms with Crippen LogP contribution in [-0.2, 0) is 6.42 Å². The largest absolute Gasteiger partial charge is 0.398 e. The van der Waals surface area contributed by atoms with Gasteiger partial charge in [-0.25, -0.2) is 13.8 Å². The van der Waals surface area contributed by atoms with E-state index in [0.717, 1.165) is 17.3 Å². The molecule has 0 aliphatic carbocycles. The summed E-state index contributed by atoms with van der Waals surface area (Å²) in [6.45, 7) is 3.72. The van der Waals surface area contributed by atoms with Gasteiger partial charge in [0, 0.05) is 22.8 Å². The van der Waals surface area contributed by atoms with Gasteiger partial charge in [-0.3, -0.25) is 0 Å². The molecule has 2 rings (SSSR count). The first-order chi connectivity index (χ1) is 7.97. The van der Waals surface area contributed by atoms with Crippen LogP contribution in [0.5, 0.6) is 0 Å². The van der Waals surface area contributed by atoms with Crippen LogP contribution in [0.15, 0.2) is 10.5 Å². The Balaban J connectivity index is 3.01. The second-order valence-corrected chi connectivity index (χ2v) is 4.62. The Morgan fingerprint density at radius 3 is 2.59 bits per heavy atom. The lowest BCUT2D eigenvalue weighted by Gasteiger charge is -2.12. The number of hydrogen-bond donors (Lipinski definition) is 1. The van der Waals surface area contributed by atoms with Crippen LogP contribution in [-0.4, -0.2) is 4.98 Å². The molecule has 0 spiro atoms. The van der Waals surface area contributed by atoms with E-state index in [9.17, 15) is 8.78 Å². The average Bonchev–Trinajstić information content (AvgIpc) is 2.29. The van der Waals surface area contributed by atoms with E-state index in [0.29, 0.717) is 17.5 Å². The van der Waals surface area contributed by atoms with Crippen molar-refractivity contribution in [2.45, 2.75) is 20.3 Å². The van der Waals surface area contributed by atoms with Crippen molar-refractivity contribution >= 4 is 32.5 Å². The molecular formula is C12H11BrF2N2. The van der Waals surface area contributed by atoms with Crippen molar-refractivity contribution in [1.82, 2.24) is 4.98 Å². The second kappa shape index (κ2) is 4.22.